The van der Waals surface area contributed by atoms with Gasteiger partial charge in [-0.05, 0) is 18.8 Å². The number of carbonyl (C=O) groups is 1. The van der Waals surface area contributed by atoms with E-state index in [2.05, 4.69) is 28.2 Å². The Morgan fingerprint density at radius 1 is 1.32 bits per heavy atom. The Bertz CT molecular complexity index is 431. The number of benzene rings is 1. The van der Waals surface area contributed by atoms with Gasteiger partial charge in [-0.15, -0.1) is 0 Å². The molecule has 1 amide bonds. The molecule has 1 unspecified atom stereocenters. The van der Waals surface area contributed by atoms with E-state index in [-0.39, 0.29) is 0 Å². The summed E-state index contributed by atoms with van der Waals surface area (Å²) in [6.07, 6.45) is 1.60. The molecule has 0 radical (unpaired) electrons. The summed E-state index contributed by atoms with van der Waals surface area (Å²) in [5.41, 5.74) is -0.741. The van der Waals surface area contributed by atoms with E-state index in [9.17, 15) is 18.0 Å². The second-order valence-electron chi connectivity index (χ2n) is 4.40. The number of carbonyl (C=O) groups excluding carboxylic acids is 1. The monoisotopic (exact) mass is 337 g/mol. The second kappa shape index (κ2) is 7.53. The fraction of sp³-hybridized carbons (Fsp3) is 0.462. The van der Waals surface area contributed by atoms with Crippen molar-refractivity contribution in [3.05, 3.63) is 35.1 Å². The van der Waals surface area contributed by atoms with E-state index in [1.807, 2.05) is 0 Å². The molecule has 2 nitrogen and oxygen atoms in total. The van der Waals surface area contributed by atoms with E-state index in [0.717, 1.165) is 11.8 Å². The zero-order chi connectivity index (χ0) is 14.4. The number of amides is 1. The molecule has 1 aromatic rings. The van der Waals surface area contributed by atoms with E-state index >= 15 is 0 Å². The Kier molecular flexibility index (Phi) is 6.34. The fourth-order valence-corrected chi connectivity index (χ4v) is 1.90. The lowest BCUT2D eigenvalue weighted by atomic mass is 10.1. The standard InChI is InChI=1S/C13H15BrF3NO/c1-8(7-14)3-2-4-18-13(19)12-10(16)5-9(15)6-11(12)17/h5-6,8H,2-4,7H2,1H3,(H,18,19). The summed E-state index contributed by atoms with van der Waals surface area (Å²) in [6.45, 7) is 2.38. The molecular weight excluding hydrogens is 323 g/mol. The van der Waals surface area contributed by atoms with Crippen molar-refractivity contribution in [2.75, 3.05) is 11.9 Å². The summed E-state index contributed by atoms with van der Waals surface area (Å²) in [4.78, 5) is 11.6. The molecule has 0 aromatic heterocycles. The van der Waals surface area contributed by atoms with Crippen molar-refractivity contribution in [1.29, 1.82) is 0 Å². The number of alkyl halides is 1. The van der Waals surface area contributed by atoms with Crippen LogP contribution >= 0.6 is 15.9 Å². The molecular formula is C13H15BrF3NO. The molecule has 1 atom stereocenters. The van der Waals surface area contributed by atoms with Crippen molar-refractivity contribution < 1.29 is 18.0 Å². The predicted molar refractivity (Wildman–Crippen MR) is 70.8 cm³/mol. The lowest BCUT2D eigenvalue weighted by molar-refractivity contribution is 0.0944. The number of nitrogens with one attached hydrogen (secondary N) is 1. The van der Waals surface area contributed by atoms with Crippen molar-refractivity contribution >= 4 is 21.8 Å². The molecule has 19 heavy (non-hydrogen) atoms. The summed E-state index contributed by atoms with van der Waals surface area (Å²) >= 11 is 3.34. The van der Waals surface area contributed by atoms with Gasteiger partial charge in [-0.3, -0.25) is 4.79 Å². The molecule has 0 aliphatic carbocycles. The molecule has 0 saturated carbocycles. The van der Waals surface area contributed by atoms with Gasteiger partial charge in [-0.25, -0.2) is 13.2 Å². The third kappa shape index (κ3) is 4.86. The summed E-state index contributed by atoms with van der Waals surface area (Å²) in [7, 11) is 0. The van der Waals surface area contributed by atoms with E-state index in [1.165, 1.54) is 0 Å². The van der Waals surface area contributed by atoms with Crippen molar-refractivity contribution in [3.8, 4) is 0 Å². The predicted octanol–water partition coefficient (Wildman–Crippen LogP) is 3.64. The van der Waals surface area contributed by atoms with Crippen LogP contribution in [0.2, 0.25) is 0 Å². The Labute approximate surface area is 118 Å². The number of hydrogen-bond donors (Lipinski definition) is 1. The van der Waals surface area contributed by atoms with Crippen molar-refractivity contribution in [2.45, 2.75) is 19.8 Å². The van der Waals surface area contributed by atoms with Crippen molar-refractivity contribution in [1.82, 2.24) is 5.32 Å². The quantitative estimate of drug-likeness (QED) is 0.623. The van der Waals surface area contributed by atoms with Crippen LogP contribution in [0, 0.1) is 23.4 Å². The van der Waals surface area contributed by atoms with E-state index in [0.29, 0.717) is 31.0 Å². The lowest BCUT2D eigenvalue weighted by Gasteiger charge is -2.09. The SMILES string of the molecule is CC(CBr)CCCNC(=O)c1c(F)cc(F)cc1F. The summed E-state index contributed by atoms with van der Waals surface area (Å²) < 4.78 is 39.3. The molecule has 6 heteroatoms. The van der Waals surface area contributed by atoms with E-state index in [4.69, 9.17) is 0 Å². The maximum Gasteiger partial charge on any atom is 0.257 e. The van der Waals surface area contributed by atoms with Crippen LogP contribution in [0.25, 0.3) is 0 Å². The first-order chi connectivity index (χ1) is 8.95. The van der Waals surface area contributed by atoms with Gasteiger partial charge in [0.15, 0.2) is 0 Å². The molecule has 0 saturated heterocycles. The lowest BCUT2D eigenvalue weighted by Crippen LogP contribution is -2.27. The van der Waals surface area contributed by atoms with Gasteiger partial charge in [0.2, 0.25) is 0 Å². The molecule has 0 fully saturated rings. The second-order valence-corrected chi connectivity index (χ2v) is 5.05. The minimum atomic E-state index is -1.19. The van der Waals surface area contributed by atoms with Crippen molar-refractivity contribution in [3.63, 3.8) is 0 Å². The molecule has 0 spiro atoms. The third-order valence-corrected chi connectivity index (χ3v) is 3.76. The highest BCUT2D eigenvalue weighted by molar-refractivity contribution is 9.09. The number of halogens is 4. The van der Waals surface area contributed by atoms with Gasteiger partial charge >= 0.3 is 0 Å². The van der Waals surface area contributed by atoms with Gasteiger partial charge in [0, 0.05) is 24.0 Å². The summed E-state index contributed by atoms with van der Waals surface area (Å²) in [5, 5.41) is 3.29. The Balaban J connectivity index is 2.55. The Hall–Kier alpha value is -1.04. The Morgan fingerprint density at radius 3 is 2.42 bits per heavy atom. The first-order valence-electron chi connectivity index (χ1n) is 5.94. The van der Waals surface area contributed by atoms with Crippen LogP contribution in [0.1, 0.15) is 30.1 Å². The highest BCUT2D eigenvalue weighted by Gasteiger charge is 2.18. The van der Waals surface area contributed by atoms with Crippen molar-refractivity contribution in [2.24, 2.45) is 5.92 Å². The van der Waals surface area contributed by atoms with Crippen LogP contribution in [-0.4, -0.2) is 17.8 Å². The zero-order valence-electron chi connectivity index (χ0n) is 10.5. The fourth-order valence-electron chi connectivity index (χ4n) is 1.58. The van der Waals surface area contributed by atoms with Crippen LogP contribution in [0.3, 0.4) is 0 Å². The molecule has 0 bridgehead atoms. The highest BCUT2D eigenvalue weighted by atomic mass is 79.9. The minimum absolute atomic E-state index is 0.326. The van der Waals surface area contributed by atoms with Gasteiger partial charge in [0.25, 0.3) is 5.91 Å². The van der Waals surface area contributed by atoms with Gasteiger partial charge in [0.05, 0.1) is 0 Å². The average Bonchev–Trinajstić information content (AvgIpc) is 2.33. The van der Waals surface area contributed by atoms with Crippen LogP contribution < -0.4 is 5.32 Å². The maximum atomic E-state index is 13.3. The average molecular weight is 338 g/mol. The number of rotatable bonds is 6. The van der Waals surface area contributed by atoms with Crippen LogP contribution in [-0.2, 0) is 0 Å². The van der Waals surface area contributed by atoms with Crippen LogP contribution in [0.4, 0.5) is 13.2 Å². The van der Waals surface area contributed by atoms with Crippen LogP contribution in [0.5, 0.6) is 0 Å². The number of hydrogen-bond acceptors (Lipinski definition) is 1. The smallest absolute Gasteiger partial charge is 0.257 e. The summed E-state index contributed by atoms with van der Waals surface area (Å²) in [6, 6.07) is 0.982. The molecule has 0 aliphatic rings. The van der Waals surface area contributed by atoms with Gasteiger partial charge < -0.3 is 5.32 Å². The largest absolute Gasteiger partial charge is 0.352 e. The minimum Gasteiger partial charge on any atom is -0.352 e. The van der Waals surface area contributed by atoms with E-state index < -0.39 is 28.9 Å². The topological polar surface area (TPSA) is 29.1 Å². The highest BCUT2D eigenvalue weighted by Crippen LogP contribution is 2.14. The molecule has 0 aliphatic heterocycles. The molecule has 0 heterocycles. The molecule has 106 valence electrons. The first-order valence-corrected chi connectivity index (χ1v) is 7.06. The van der Waals surface area contributed by atoms with E-state index in [1.54, 1.807) is 0 Å². The Morgan fingerprint density at radius 2 is 1.89 bits per heavy atom. The van der Waals surface area contributed by atoms with Gasteiger partial charge in [0.1, 0.15) is 23.0 Å². The van der Waals surface area contributed by atoms with Gasteiger partial charge in [-0.1, -0.05) is 22.9 Å². The zero-order valence-corrected chi connectivity index (χ0v) is 12.1. The first kappa shape index (κ1) is 16.0. The third-order valence-electron chi connectivity index (χ3n) is 2.66. The van der Waals surface area contributed by atoms with Crippen LogP contribution in [0.15, 0.2) is 12.1 Å². The maximum absolute atomic E-state index is 13.3. The molecule has 1 aromatic carbocycles. The molecule has 1 N–H and O–H groups in total. The van der Waals surface area contributed by atoms with Gasteiger partial charge in [-0.2, -0.15) is 0 Å². The molecule has 1 rings (SSSR count). The normalized spacial score (nSPS) is 12.3. The summed E-state index contributed by atoms with van der Waals surface area (Å²) in [5.74, 6) is -3.82.